The number of carbonyl (C=O) groups excluding carboxylic acids is 1. The summed E-state index contributed by atoms with van der Waals surface area (Å²) in [6.07, 6.45) is 3.76. The molecule has 2 heterocycles. The van der Waals surface area contributed by atoms with Gasteiger partial charge in [0.05, 0.1) is 18.8 Å². The van der Waals surface area contributed by atoms with Crippen LogP contribution in [0, 0.1) is 5.82 Å². The number of methoxy groups -OCH3 is 1. The summed E-state index contributed by atoms with van der Waals surface area (Å²) in [7, 11) is 1.48. The molecule has 1 aromatic carbocycles. The van der Waals surface area contributed by atoms with E-state index in [0.29, 0.717) is 18.6 Å². The number of nitrogens with zero attached hydrogens (tertiary/aromatic N) is 1. The molecule has 0 aliphatic carbocycles. The number of piperidine rings is 2. The summed E-state index contributed by atoms with van der Waals surface area (Å²) in [6, 6.07) is 4.11. The van der Waals surface area contributed by atoms with Crippen LogP contribution in [0.2, 0.25) is 0 Å². The first-order chi connectivity index (χ1) is 10.1. The molecule has 114 valence electrons. The lowest BCUT2D eigenvalue weighted by atomic mass is 9.82. The average Bonchev–Trinajstić information content (AvgIpc) is 2.45. The Morgan fingerprint density at radius 3 is 2.62 bits per heavy atom. The molecule has 1 unspecified atom stereocenters. The number of carbonyl (C=O) groups is 1. The summed E-state index contributed by atoms with van der Waals surface area (Å²) in [5.74, 6) is -0.236. The lowest BCUT2D eigenvalue weighted by molar-refractivity contribution is -0.0152. The van der Waals surface area contributed by atoms with Crippen LogP contribution in [0.4, 0.5) is 4.39 Å². The highest BCUT2D eigenvalue weighted by atomic mass is 19.1. The minimum Gasteiger partial charge on any atom is -0.496 e. The van der Waals surface area contributed by atoms with Gasteiger partial charge in [0.15, 0.2) is 0 Å². The van der Waals surface area contributed by atoms with Crippen molar-refractivity contribution < 1.29 is 19.0 Å². The molecule has 0 radical (unpaired) electrons. The van der Waals surface area contributed by atoms with Gasteiger partial charge in [-0.25, -0.2) is 4.39 Å². The Balaban J connectivity index is 1.93. The van der Waals surface area contributed by atoms with Crippen molar-refractivity contribution in [1.82, 2.24) is 4.90 Å². The molecule has 2 bridgehead atoms. The first-order valence-corrected chi connectivity index (χ1v) is 7.44. The molecule has 4 nitrogen and oxygen atoms in total. The van der Waals surface area contributed by atoms with Crippen molar-refractivity contribution in [1.29, 1.82) is 0 Å². The van der Waals surface area contributed by atoms with E-state index >= 15 is 0 Å². The van der Waals surface area contributed by atoms with E-state index in [4.69, 9.17) is 4.74 Å². The first kappa shape index (κ1) is 14.3. The molecule has 2 aliphatic rings. The molecule has 5 heteroatoms. The molecule has 1 amide bonds. The van der Waals surface area contributed by atoms with Gasteiger partial charge in [0.1, 0.15) is 11.6 Å². The van der Waals surface area contributed by atoms with E-state index in [1.165, 1.54) is 25.3 Å². The zero-order chi connectivity index (χ0) is 15.0. The molecule has 3 rings (SSSR count). The minimum atomic E-state index is -0.443. The minimum absolute atomic E-state index is 0.0490. The Morgan fingerprint density at radius 1 is 1.33 bits per heavy atom. The average molecular weight is 293 g/mol. The fourth-order valence-electron chi connectivity index (χ4n) is 3.67. The molecule has 2 fully saturated rings. The molecular formula is C16H20FNO3. The SMILES string of the molecule is COc1ccc(F)cc1C(=O)N1[C@@H]2CCC[C@H]1CC(O)C2. The van der Waals surface area contributed by atoms with Crippen molar-refractivity contribution in [3.63, 3.8) is 0 Å². The summed E-state index contributed by atoms with van der Waals surface area (Å²) in [5, 5.41) is 9.91. The number of hydrogen-bond donors (Lipinski definition) is 1. The van der Waals surface area contributed by atoms with Crippen LogP contribution in [0.1, 0.15) is 42.5 Å². The van der Waals surface area contributed by atoms with Gasteiger partial charge < -0.3 is 14.7 Å². The molecule has 0 spiro atoms. The van der Waals surface area contributed by atoms with Crippen molar-refractivity contribution in [3.05, 3.63) is 29.6 Å². The third-order valence-electron chi connectivity index (χ3n) is 4.58. The summed E-state index contributed by atoms with van der Waals surface area (Å²) in [4.78, 5) is 14.7. The number of aliphatic hydroxyl groups excluding tert-OH is 1. The maximum Gasteiger partial charge on any atom is 0.258 e. The summed E-state index contributed by atoms with van der Waals surface area (Å²) in [6.45, 7) is 0. The van der Waals surface area contributed by atoms with Crippen molar-refractivity contribution in [2.45, 2.75) is 50.3 Å². The second-order valence-corrected chi connectivity index (χ2v) is 5.92. The molecule has 2 saturated heterocycles. The van der Waals surface area contributed by atoms with Gasteiger partial charge in [-0.15, -0.1) is 0 Å². The molecule has 0 saturated carbocycles. The smallest absolute Gasteiger partial charge is 0.258 e. The molecule has 3 atom stereocenters. The number of rotatable bonds is 2. The van der Waals surface area contributed by atoms with Crippen LogP contribution in [0.5, 0.6) is 5.75 Å². The topological polar surface area (TPSA) is 49.8 Å². The van der Waals surface area contributed by atoms with Crippen molar-refractivity contribution in [2.24, 2.45) is 0 Å². The second kappa shape index (κ2) is 5.64. The van der Waals surface area contributed by atoms with Crippen LogP contribution in [0.3, 0.4) is 0 Å². The zero-order valence-corrected chi connectivity index (χ0v) is 12.1. The Labute approximate surface area is 123 Å². The van der Waals surface area contributed by atoms with Crippen LogP contribution in [0.15, 0.2) is 18.2 Å². The predicted octanol–water partition coefficient (Wildman–Crippen LogP) is 2.35. The second-order valence-electron chi connectivity index (χ2n) is 5.92. The lowest BCUT2D eigenvalue weighted by Crippen LogP contribution is -2.55. The zero-order valence-electron chi connectivity index (χ0n) is 12.1. The fraction of sp³-hybridized carbons (Fsp3) is 0.562. The van der Waals surface area contributed by atoms with Crippen molar-refractivity contribution >= 4 is 5.91 Å². The number of hydrogen-bond acceptors (Lipinski definition) is 3. The largest absolute Gasteiger partial charge is 0.496 e. The van der Waals surface area contributed by atoms with Crippen LogP contribution < -0.4 is 4.74 Å². The van der Waals surface area contributed by atoms with Gasteiger partial charge in [0.25, 0.3) is 5.91 Å². The number of ether oxygens (including phenoxy) is 1. The van der Waals surface area contributed by atoms with Gasteiger partial charge in [-0.3, -0.25) is 4.79 Å². The van der Waals surface area contributed by atoms with Crippen molar-refractivity contribution in [2.75, 3.05) is 7.11 Å². The van der Waals surface area contributed by atoms with Crippen LogP contribution in [-0.4, -0.2) is 41.2 Å². The molecule has 1 N–H and O–H groups in total. The first-order valence-electron chi connectivity index (χ1n) is 7.44. The van der Waals surface area contributed by atoms with Gasteiger partial charge in [-0.1, -0.05) is 0 Å². The molecule has 2 aliphatic heterocycles. The van der Waals surface area contributed by atoms with E-state index in [-0.39, 0.29) is 29.7 Å². The summed E-state index contributed by atoms with van der Waals surface area (Å²) in [5.41, 5.74) is 0.269. The Bertz CT molecular complexity index is 534. The highest BCUT2D eigenvalue weighted by Crippen LogP contribution is 2.36. The predicted molar refractivity (Wildman–Crippen MR) is 75.8 cm³/mol. The molecule has 21 heavy (non-hydrogen) atoms. The lowest BCUT2D eigenvalue weighted by Gasteiger charge is -2.47. The highest BCUT2D eigenvalue weighted by molar-refractivity contribution is 5.97. The van der Waals surface area contributed by atoms with Gasteiger partial charge in [-0.05, 0) is 50.3 Å². The number of aliphatic hydroxyl groups is 1. The van der Waals surface area contributed by atoms with E-state index in [1.807, 2.05) is 4.90 Å². The van der Waals surface area contributed by atoms with E-state index in [1.54, 1.807) is 0 Å². The quantitative estimate of drug-likeness (QED) is 0.910. The van der Waals surface area contributed by atoms with Gasteiger partial charge in [0, 0.05) is 12.1 Å². The third kappa shape index (κ3) is 2.62. The summed E-state index contributed by atoms with van der Waals surface area (Å²) >= 11 is 0. The maximum atomic E-state index is 13.5. The number of benzene rings is 1. The Kier molecular flexibility index (Phi) is 3.85. The number of fused-ring (bicyclic) bond motifs is 2. The van der Waals surface area contributed by atoms with Gasteiger partial charge >= 0.3 is 0 Å². The van der Waals surface area contributed by atoms with Crippen molar-refractivity contribution in [3.8, 4) is 5.75 Å². The van der Waals surface area contributed by atoms with E-state index < -0.39 is 5.82 Å². The van der Waals surface area contributed by atoms with Gasteiger partial charge in [-0.2, -0.15) is 0 Å². The van der Waals surface area contributed by atoms with E-state index in [9.17, 15) is 14.3 Å². The standard InChI is InChI=1S/C16H20FNO3/c1-21-15-6-5-10(17)7-14(15)16(20)18-11-3-2-4-12(18)9-13(19)8-11/h5-7,11-13,19H,2-4,8-9H2,1H3/t11-,12+,13?. The molecular weight excluding hydrogens is 273 g/mol. The van der Waals surface area contributed by atoms with Crippen LogP contribution >= 0.6 is 0 Å². The monoisotopic (exact) mass is 293 g/mol. The number of amides is 1. The third-order valence-corrected chi connectivity index (χ3v) is 4.58. The molecule has 0 aromatic heterocycles. The fourth-order valence-corrected chi connectivity index (χ4v) is 3.67. The Morgan fingerprint density at radius 2 is 2.00 bits per heavy atom. The highest BCUT2D eigenvalue weighted by Gasteiger charge is 2.41. The summed E-state index contributed by atoms with van der Waals surface area (Å²) < 4.78 is 18.7. The normalized spacial score (nSPS) is 28.3. The maximum absolute atomic E-state index is 13.5. The van der Waals surface area contributed by atoms with Crippen LogP contribution in [0.25, 0.3) is 0 Å². The van der Waals surface area contributed by atoms with E-state index in [0.717, 1.165) is 19.3 Å². The Hall–Kier alpha value is -1.62. The van der Waals surface area contributed by atoms with Crippen LogP contribution in [-0.2, 0) is 0 Å². The van der Waals surface area contributed by atoms with Gasteiger partial charge in [0.2, 0.25) is 0 Å². The van der Waals surface area contributed by atoms with E-state index in [2.05, 4.69) is 0 Å². The number of halogens is 1. The molecule has 1 aromatic rings.